The largest absolute Gasteiger partial charge is 0.393 e. The average Bonchev–Trinajstić information content (AvgIpc) is 3.03. The maximum atomic E-state index is 12.6. The Morgan fingerprint density at radius 2 is 2.15 bits per heavy atom. The summed E-state index contributed by atoms with van der Waals surface area (Å²) in [6, 6.07) is 1.72. The van der Waals surface area contributed by atoms with Gasteiger partial charge < -0.3 is 20.1 Å². The molecule has 0 aliphatic carbocycles. The molecule has 9 heteroatoms. The van der Waals surface area contributed by atoms with Gasteiger partial charge in [-0.25, -0.2) is 4.79 Å². The Balaban J connectivity index is 1.65. The summed E-state index contributed by atoms with van der Waals surface area (Å²) in [4.78, 5) is 32.3. The Hall–Kier alpha value is -2.52. The van der Waals surface area contributed by atoms with Crippen LogP contribution >= 0.6 is 0 Å². The number of rotatable bonds is 5. The summed E-state index contributed by atoms with van der Waals surface area (Å²) >= 11 is 0. The summed E-state index contributed by atoms with van der Waals surface area (Å²) < 4.78 is 1.76. The first kappa shape index (κ1) is 18.3. The lowest BCUT2D eigenvalue weighted by atomic mass is 10.1. The smallest absolute Gasteiger partial charge is 0.345 e. The zero-order valence-corrected chi connectivity index (χ0v) is 14.9. The van der Waals surface area contributed by atoms with Crippen LogP contribution in [0.15, 0.2) is 10.9 Å². The number of H-pyrrole nitrogens is 1. The predicted octanol–water partition coefficient (Wildman–Crippen LogP) is -0.416. The van der Waals surface area contributed by atoms with Crippen LogP contribution in [0.3, 0.4) is 0 Å². The van der Waals surface area contributed by atoms with E-state index in [9.17, 15) is 14.7 Å². The number of aliphatic hydroxyl groups is 2. The standard InChI is InChI=1S/C17H23N5O4/c1-10-13(11(2)19-17(26)18-10)3-4-16(25)21-5-6-22-12(8-21)7-14(20-22)15(24)9-23/h7,15,23-24H,3-6,8-9H2,1-2H3,(H,18,19,26)/t15-/m0/s1. The summed E-state index contributed by atoms with van der Waals surface area (Å²) in [6.45, 7) is 4.72. The van der Waals surface area contributed by atoms with E-state index in [0.29, 0.717) is 43.9 Å². The van der Waals surface area contributed by atoms with Crippen LogP contribution in [-0.2, 0) is 24.3 Å². The van der Waals surface area contributed by atoms with E-state index in [2.05, 4.69) is 15.1 Å². The molecule has 3 N–H and O–H groups in total. The van der Waals surface area contributed by atoms with Crippen molar-refractivity contribution in [1.82, 2.24) is 24.6 Å². The highest BCUT2D eigenvalue weighted by atomic mass is 16.3. The molecule has 0 radical (unpaired) electrons. The quantitative estimate of drug-likeness (QED) is 0.665. The summed E-state index contributed by atoms with van der Waals surface area (Å²) in [5.41, 5.74) is 3.18. The molecule has 0 aromatic carbocycles. The lowest BCUT2D eigenvalue weighted by Gasteiger charge is -2.27. The van der Waals surface area contributed by atoms with E-state index in [1.165, 1.54) is 0 Å². The number of aromatic amines is 1. The molecule has 2 aromatic rings. The van der Waals surface area contributed by atoms with E-state index in [4.69, 9.17) is 5.11 Å². The van der Waals surface area contributed by atoms with Gasteiger partial charge in [-0.2, -0.15) is 10.1 Å². The first-order valence-electron chi connectivity index (χ1n) is 8.58. The molecule has 3 rings (SSSR count). The van der Waals surface area contributed by atoms with E-state index in [1.807, 2.05) is 6.92 Å². The van der Waals surface area contributed by atoms with Crippen molar-refractivity contribution in [2.24, 2.45) is 0 Å². The normalized spacial score (nSPS) is 15.0. The van der Waals surface area contributed by atoms with Crippen LogP contribution < -0.4 is 5.69 Å². The molecule has 0 saturated carbocycles. The van der Waals surface area contributed by atoms with E-state index in [-0.39, 0.29) is 18.2 Å². The Kier molecular flexibility index (Phi) is 5.19. The number of aryl methyl sites for hydroxylation is 2. The second-order valence-electron chi connectivity index (χ2n) is 6.53. The van der Waals surface area contributed by atoms with Gasteiger partial charge >= 0.3 is 5.69 Å². The minimum absolute atomic E-state index is 0.0201. The third-order valence-corrected chi connectivity index (χ3v) is 4.73. The molecule has 1 atom stereocenters. The Morgan fingerprint density at radius 1 is 1.38 bits per heavy atom. The predicted molar refractivity (Wildman–Crippen MR) is 92.3 cm³/mol. The van der Waals surface area contributed by atoms with Gasteiger partial charge in [0.05, 0.1) is 31.1 Å². The molecule has 0 unspecified atom stereocenters. The van der Waals surface area contributed by atoms with Crippen molar-refractivity contribution in [3.05, 3.63) is 44.9 Å². The number of nitrogens with zero attached hydrogens (tertiary/aromatic N) is 4. The molecule has 0 fully saturated rings. The zero-order valence-electron chi connectivity index (χ0n) is 14.9. The fourth-order valence-corrected chi connectivity index (χ4v) is 3.27. The van der Waals surface area contributed by atoms with Crippen molar-refractivity contribution in [3.63, 3.8) is 0 Å². The van der Waals surface area contributed by atoms with Crippen molar-refractivity contribution >= 4 is 5.91 Å². The lowest BCUT2D eigenvalue weighted by Crippen LogP contribution is -2.38. The third-order valence-electron chi connectivity index (χ3n) is 4.73. The fraction of sp³-hybridized carbons (Fsp3) is 0.529. The van der Waals surface area contributed by atoms with Gasteiger partial charge in [-0.15, -0.1) is 0 Å². The molecule has 0 spiro atoms. The SMILES string of the molecule is Cc1nc(=O)[nH]c(C)c1CCC(=O)N1CCn2nc([C@@H](O)CO)cc2C1. The number of fused-ring (bicyclic) bond motifs is 1. The highest BCUT2D eigenvalue weighted by molar-refractivity contribution is 5.76. The Bertz CT molecular complexity index is 846. The van der Waals surface area contributed by atoms with Crippen molar-refractivity contribution < 1.29 is 15.0 Å². The van der Waals surface area contributed by atoms with Gasteiger partial charge in [-0.3, -0.25) is 9.48 Å². The van der Waals surface area contributed by atoms with Gasteiger partial charge in [0.15, 0.2) is 0 Å². The molecule has 2 aromatic heterocycles. The van der Waals surface area contributed by atoms with Gasteiger partial charge in [0.2, 0.25) is 5.91 Å². The summed E-state index contributed by atoms with van der Waals surface area (Å²) in [5.74, 6) is 0.0201. The molecule has 140 valence electrons. The number of amides is 1. The second kappa shape index (κ2) is 7.38. The van der Waals surface area contributed by atoms with Crippen LogP contribution in [0.25, 0.3) is 0 Å². The monoisotopic (exact) mass is 361 g/mol. The number of hydrogen-bond acceptors (Lipinski definition) is 6. The molecular weight excluding hydrogens is 338 g/mol. The average molecular weight is 361 g/mol. The topological polar surface area (TPSA) is 124 Å². The molecular formula is C17H23N5O4. The first-order chi connectivity index (χ1) is 12.4. The number of hydrogen-bond donors (Lipinski definition) is 3. The van der Waals surface area contributed by atoms with Crippen molar-refractivity contribution in [3.8, 4) is 0 Å². The van der Waals surface area contributed by atoms with E-state index in [0.717, 1.165) is 17.0 Å². The van der Waals surface area contributed by atoms with E-state index < -0.39 is 6.10 Å². The Labute approximate surface area is 150 Å². The zero-order chi connectivity index (χ0) is 18.8. The molecule has 9 nitrogen and oxygen atoms in total. The van der Waals surface area contributed by atoms with Crippen LogP contribution in [0.4, 0.5) is 0 Å². The van der Waals surface area contributed by atoms with Gasteiger partial charge in [-0.05, 0) is 31.9 Å². The van der Waals surface area contributed by atoms with Crippen LogP contribution in [0.1, 0.15) is 40.9 Å². The van der Waals surface area contributed by atoms with Crippen LogP contribution in [-0.4, -0.2) is 53.9 Å². The minimum Gasteiger partial charge on any atom is -0.393 e. The first-order valence-corrected chi connectivity index (χ1v) is 8.58. The molecule has 1 aliphatic heterocycles. The van der Waals surface area contributed by atoms with Crippen molar-refractivity contribution in [1.29, 1.82) is 0 Å². The van der Waals surface area contributed by atoms with Gasteiger partial charge in [0, 0.05) is 24.4 Å². The third kappa shape index (κ3) is 3.68. The maximum absolute atomic E-state index is 12.6. The molecule has 0 saturated heterocycles. The number of carbonyl (C=O) groups excluding carboxylic acids is 1. The summed E-state index contributed by atoms with van der Waals surface area (Å²) in [6.07, 6.45) is -0.156. The molecule has 26 heavy (non-hydrogen) atoms. The van der Waals surface area contributed by atoms with E-state index >= 15 is 0 Å². The molecule has 1 aliphatic rings. The van der Waals surface area contributed by atoms with Crippen LogP contribution in [0.2, 0.25) is 0 Å². The van der Waals surface area contributed by atoms with Gasteiger partial charge in [0.25, 0.3) is 0 Å². The summed E-state index contributed by atoms with van der Waals surface area (Å²) in [5, 5.41) is 23.0. The maximum Gasteiger partial charge on any atom is 0.345 e. The summed E-state index contributed by atoms with van der Waals surface area (Å²) in [7, 11) is 0. The van der Waals surface area contributed by atoms with Gasteiger partial charge in [0.1, 0.15) is 6.10 Å². The number of nitrogens with one attached hydrogen (secondary N) is 1. The number of aromatic nitrogens is 4. The highest BCUT2D eigenvalue weighted by Gasteiger charge is 2.24. The van der Waals surface area contributed by atoms with Crippen LogP contribution in [0, 0.1) is 13.8 Å². The second-order valence-corrected chi connectivity index (χ2v) is 6.53. The van der Waals surface area contributed by atoms with Crippen molar-refractivity contribution in [2.75, 3.05) is 13.2 Å². The van der Waals surface area contributed by atoms with Crippen LogP contribution in [0.5, 0.6) is 0 Å². The Morgan fingerprint density at radius 3 is 2.85 bits per heavy atom. The lowest BCUT2D eigenvalue weighted by molar-refractivity contribution is -0.132. The molecule has 3 heterocycles. The van der Waals surface area contributed by atoms with Crippen molar-refractivity contribution in [2.45, 2.75) is 45.9 Å². The molecule has 0 bridgehead atoms. The van der Waals surface area contributed by atoms with Gasteiger partial charge in [-0.1, -0.05) is 0 Å². The fourth-order valence-electron chi connectivity index (χ4n) is 3.27. The number of carbonyl (C=O) groups is 1. The molecule has 1 amide bonds. The van der Waals surface area contributed by atoms with E-state index in [1.54, 1.807) is 22.6 Å². The highest BCUT2D eigenvalue weighted by Crippen LogP contribution is 2.19. The minimum atomic E-state index is -1.00. The number of aliphatic hydroxyl groups excluding tert-OH is 2.